The predicted octanol–water partition coefficient (Wildman–Crippen LogP) is 1.81. The molecule has 1 aromatic rings. The smallest absolute Gasteiger partial charge is 0.140 e. The SMILES string of the molecule is Cc1cc(Br)c(O)c(C2=NCCN2)c1. The van der Waals surface area contributed by atoms with E-state index in [0.717, 1.165) is 30.1 Å². The first-order valence-corrected chi connectivity index (χ1v) is 5.25. The van der Waals surface area contributed by atoms with Gasteiger partial charge in [-0.1, -0.05) is 0 Å². The minimum atomic E-state index is 0.253. The molecule has 0 aromatic heterocycles. The lowest BCUT2D eigenvalue weighted by molar-refractivity contribution is 0.470. The zero-order valence-corrected chi connectivity index (χ0v) is 9.43. The number of nitrogens with one attached hydrogen (secondary N) is 1. The predicted molar refractivity (Wildman–Crippen MR) is 60.0 cm³/mol. The molecule has 2 N–H and O–H groups in total. The first-order chi connectivity index (χ1) is 6.68. The highest BCUT2D eigenvalue weighted by Crippen LogP contribution is 2.29. The third-order valence-corrected chi connectivity index (χ3v) is 2.74. The number of aromatic hydroxyl groups is 1. The monoisotopic (exact) mass is 254 g/mol. The van der Waals surface area contributed by atoms with Crippen LogP contribution >= 0.6 is 15.9 Å². The Morgan fingerprint density at radius 3 is 2.93 bits per heavy atom. The number of phenols is 1. The molecule has 0 spiro atoms. The Labute approximate surface area is 91.0 Å². The van der Waals surface area contributed by atoms with Crippen molar-refractivity contribution in [3.63, 3.8) is 0 Å². The van der Waals surface area contributed by atoms with Crippen LogP contribution in [0.15, 0.2) is 21.6 Å². The lowest BCUT2D eigenvalue weighted by atomic mass is 10.1. The van der Waals surface area contributed by atoms with Crippen molar-refractivity contribution >= 4 is 21.8 Å². The molecule has 0 bridgehead atoms. The van der Waals surface area contributed by atoms with Gasteiger partial charge in [-0.15, -0.1) is 0 Å². The largest absolute Gasteiger partial charge is 0.506 e. The fraction of sp³-hybridized carbons (Fsp3) is 0.300. The highest BCUT2D eigenvalue weighted by molar-refractivity contribution is 9.10. The molecular weight excluding hydrogens is 244 g/mol. The summed E-state index contributed by atoms with van der Waals surface area (Å²) < 4.78 is 0.712. The number of phenolic OH excluding ortho intramolecular Hbond substituents is 1. The summed E-state index contributed by atoms with van der Waals surface area (Å²) >= 11 is 3.31. The number of aryl methyl sites for hydroxylation is 1. The normalized spacial score (nSPS) is 15.1. The van der Waals surface area contributed by atoms with Crippen molar-refractivity contribution in [3.8, 4) is 5.75 Å². The van der Waals surface area contributed by atoms with Crippen LogP contribution in [0.2, 0.25) is 0 Å². The molecule has 0 amide bonds. The zero-order valence-electron chi connectivity index (χ0n) is 7.84. The van der Waals surface area contributed by atoms with Crippen molar-refractivity contribution in [2.45, 2.75) is 6.92 Å². The summed E-state index contributed by atoms with van der Waals surface area (Å²) in [5.74, 6) is 1.04. The molecular formula is C10H11BrN2O. The van der Waals surface area contributed by atoms with Gasteiger partial charge in [-0.05, 0) is 40.5 Å². The highest BCUT2D eigenvalue weighted by atomic mass is 79.9. The van der Waals surface area contributed by atoms with E-state index in [-0.39, 0.29) is 5.75 Å². The van der Waals surface area contributed by atoms with Crippen molar-refractivity contribution in [3.05, 3.63) is 27.7 Å². The molecule has 2 rings (SSSR count). The van der Waals surface area contributed by atoms with Crippen LogP contribution in [0.3, 0.4) is 0 Å². The van der Waals surface area contributed by atoms with Crippen LogP contribution in [0.1, 0.15) is 11.1 Å². The van der Waals surface area contributed by atoms with Crippen molar-refractivity contribution in [2.24, 2.45) is 4.99 Å². The molecule has 0 radical (unpaired) electrons. The number of halogens is 1. The van der Waals surface area contributed by atoms with Crippen LogP contribution in [0.4, 0.5) is 0 Å². The van der Waals surface area contributed by atoms with E-state index in [1.165, 1.54) is 0 Å². The Morgan fingerprint density at radius 2 is 2.29 bits per heavy atom. The second kappa shape index (κ2) is 3.61. The molecule has 0 aliphatic carbocycles. The number of amidine groups is 1. The van der Waals surface area contributed by atoms with Gasteiger partial charge in [-0.25, -0.2) is 0 Å². The van der Waals surface area contributed by atoms with Gasteiger partial charge in [0.05, 0.1) is 16.6 Å². The molecule has 0 atom stereocenters. The van der Waals surface area contributed by atoms with Gasteiger partial charge in [0, 0.05) is 6.54 Å². The fourth-order valence-electron chi connectivity index (χ4n) is 1.49. The van der Waals surface area contributed by atoms with Crippen LogP contribution in [-0.4, -0.2) is 24.0 Å². The van der Waals surface area contributed by atoms with Crippen molar-refractivity contribution < 1.29 is 5.11 Å². The fourth-order valence-corrected chi connectivity index (χ4v) is 2.07. The number of hydrogen-bond acceptors (Lipinski definition) is 3. The molecule has 3 nitrogen and oxygen atoms in total. The summed E-state index contributed by atoms with van der Waals surface area (Å²) in [5, 5.41) is 13.0. The van der Waals surface area contributed by atoms with Gasteiger partial charge in [-0.3, -0.25) is 4.99 Å². The Hall–Kier alpha value is -1.03. The third-order valence-electron chi connectivity index (χ3n) is 2.14. The molecule has 0 saturated carbocycles. The zero-order chi connectivity index (χ0) is 10.1. The van der Waals surface area contributed by atoms with Gasteiger partial charge in [0.1, 0.15) is 11.6 Å². The summed E-state index contributed by atoms with van der Waals surface area (Å²) in [6.45, 7) is 3.61. The second-order valence-electron chi connectivity index (χ2n) is 3.30. The van der Waals surface area contributed by atoms with E-state index >= 15 is 0 Å². The summed E-state index contributed by atoms with van der Waals surface area (Å²) in [6.07, 6.45) is 0. The second-order valence-corrected chi connectivity index (χ2v) is 4.15. The van der Waals surface area contributed by atoms with Gasteiger partial charge >= 0.3 is 0 Å². The van der Waals surface area contributed by atoms with E-state index < -0.39 is 0 Å². The lowest BCUT2D eigenvalue weighted by Gasteiger charge is -2.08. The van der Waals surface area contributed by atoms with Gasteiger partial charge in [-0.2, -0.15) is 0 Å². The van der Waals surface area contributed by atoms with E-state index in [1.54, 1.807) is 0 Å². The first-order valence-electron chi connectivity index (χ1n) is 4.46. The van der Waals surface area contributed by atoms with E-state index in [0.29, 0.717) is 4.47 Å². The molecule has 1 heterocycles. The third kappa shape index (κ3) is 1.62. The number of rotatable bonds is 1. The molecule has 0 unspecified atom stereocenters. The van der Waals surface area contributed by atoms with Gasteiger partial charge < -0.3 is 10.4 Å². The summed E-state index contributed by atoms with van der Waals surface area (Å²) in [5.41, 5.74) is 1.87. The maximum Gasteiger partial charge on any atom is 0.140 e. The van der Waals surface area contributed by atoms with E-state index in [9.17, 15) is 5.11 Å². The Kier molecular flexibility index (Phi) is 2.46. The van der Waals surface area contributed by atoms with Gasteiger partial charge in [0.25, 0.3) is 0 Å². The molecule has 1 aromatic carbocycles. The van der Waals surface area contributed by atoms with Crippen molar-refractivity contribution in [1.82, 2.24) is 5.32 Å². The van der Waals surface area contributed by atoms with Crippen molar-refractivity contribution in [1.29, 1.82) is 0 Å². The molecule has 4 heteroatoms. The van der Waals surface area contributed by atoms with Gasteiger partial charge in [0.15, 0.2) is 0 Å². The Bertz CT molecular complexity index is 401. The van der Waals surface area contributed by atoms with Crippen molar-refractivity contribution in [2.75, 3.05) is 13.1 Å². The van der Waals surface area contributed by atoms with E-state index in [4.69, 9.17) is 0 Å². The maximum atomic E-state index is 9.81. The average Bonchev–Trinajstić information content (AvgIpc) is 2.63. The quantitative estimate of drug-likeness (QED) is 0.803. The minimum absolute atomic E-state index is 0.253. The topological polar surface area (TPSA) is 44.6 Å². The molecule has 1 aliphatic heterocycles. The summed E-state index contributed by atoms with van der Waals surface area (Å²) in [4.78, 5) is 4.27. The van der Waals surface area contributed by atoms with Crippen LogP contribution < -0.4 is 5.32 Å². The average molecular weight is 255 g/mol. The minimum Gasteiger partial charge on any atom is -0.506 e. The number of aliphatic imine (C=N–C) groups is 1. The molecule has 0 saturated heterocycles. The summed E-state index contributed by atoms with van der Waals surface area (Å²) in [7, 11) is 0. The molecule has 74 valence electrons. The number of benzene rings is 1. The van der Waals surface area contributed by atoms with Gasteiger partial charge in [0.2, 0.25) is 0 Å². The number of nitrogens with zero attached hydrogens (tertiary/aromatic N) is 1. The molecule has 14 heavy (non-hydrogen) atoms. The first kappa shape index (κ1) is 9.52. The summed E-state index contributed by atoms with van der Waals surface area (Å²) in [6, 6.07) is 3.81. The standard InChI is InChI=1S/C10H11BrN2O/c1-6-4-7(9(14)8(11)5-6)10-12-2-3-13-10/h4-5,14H,2-3H2,1H3,(H,12,13). The van der Waals surface area contributed by atoms with Crippen LogP contribution in [0.5, 0.6) is 5.75 Å². The van der Waals surface area contributed by atoms with Crippen LogP contribution in [0.25, 0.3) is 0 Å². The molecule has 0 fully saturated rings. The Balaban J connectivity index is 2.51. The Morgan fingerprint density at radius 1 is 1.50 bits per heavy atom. The number of hydrogen-bond donors (Lipinski definition) is 2. The van der Waals surface area contributed by atoms with Crippen LogP contribution in [-0.2, 0) is 0 Å². The highest BCUT2D eigenvalue weighted by Gasteiger charge is 2.14. The maximum absolute atomic E-state index is 9.81. The van der Waals surface area contributed by atoms with E-state index in [1.807, 2.05) is 19.1 Å². The van der Waals surface area contributed by atoms with Crippen LogP contribution in [0, 0.1) is 6.92 Å². The lowest BCUT2D eigenvalue weighted by Crippen LogP contribution is -2.19. The molecule has 1 aliphatic rings. The van der Waals surface area contributed by atoms with E-state index in [2.05, 4.69) is 26.2 Å².